The molecule has 1 saturated heterocycles. The van der Waals surface area contributed by atoms with Crippen LogP contribution in [0.15, 0.2) is 71.2 Å². The van der Waals surface area contributed by atoms with Gasteiger partial charge in [0.15, 0.2) is 0 Å². The van der Waals surface area contributed by atoms with E-state index in [1.165, 1.54) is 51.4 Å². The molecule has 2 heterocycles. The van der Waals surface area contributed by atoms with E-state index in [0.29, 0.717) is 29.3 Å². The van der Waals surface area contributed by atoms with E-state index in [9.17, 15) is 14.9 Å². The van der Waals surface area contributed by atoms with Crippen molar-refractivity contribution in [2.24, 2.45) is 0 Å². The van der Waals surface area contributed by atoms with Crippen molar-refractivity contribution in [3.05, 3.63) is 86.9 Å². The third-order valence-corrected chi connectivity index (χ3v) is 8.98. The maximum atomic E-state index is 12.7. The second-order valence-electron chi connectivity index (χ2n) is 12.1. The van der Waals surface area contributed by atoms with E-state index in [-0.39, 0.29) is 11.3 Å². The lowest BCUT2D eigenvalue weighted by molar-refractivity contribution is -0.431. The van der Waals surface area contributed by atoms with Gasteiger partial charge in [-0.15, -0.1) is 0 Å². The molecular formula is C36H50N4O6. The zero-order valence-electron chi connectivity index (χ0n) is 27.9. The number of allylic oxidation sites excluding steroid dienone is 3. The van der Waals surface area contributed by atoms with Gasteiger partial charge in [-0.2, -0.15) is 0 Å². The van der Waals surface area contributed by atoms with E-state index in [0.717, 1.165) is 51.2 Å². The lowest BCUT2D eigenvalue weighted by atomic mass is 9.83. The summed E-state index contributed by atoms with van der Waals surface area (Å²) in [7, 11) is 3.02. The average molecular weight is 635 g/mol. The Morgan fingerprint density at radius 3 is 2.11 bits per heavy atom. The monoisotopic (exact) mass is 634 g/mol. The predicted octanol–water partition coefficient (Wildman–Crippen LogP) is 6.66. The Labute approximate surface area is 273 Å². The van der Waals surface area contributed by atoms with Crippen molar-refractivity contribution in [1.29, 1.82) is 0 Å². The number of esters is 1. The largest absolute Gasteiger partial charge is 0.495 e. The highest BCUT2D eigenvalue weighted by Gasteiger charge is 2.42. The fourth-order valence-electron chi connectivity index (χ4n) is 6.54. The van der Waals surface area contributed by atoms with Gasteiger partial charge in [0.25, 0.3) is 5.70 Å². The van der Waals surface area contributed by atoms with Crippen LogP contribution in [-0.4, -0.2) is 69.3 Å². The van der Waals surface area contributed by atoms with Gasteiger partial charge in [0.2, 0.25) is 0 Å². The summed E-state index contributed by atoms with van der Waals surface area (Å²) in [4.78, 5) is 29.4. The fraction of sp³-hybridized carbons (Fsp3) is 0.528. The Bertz CT molecular complexity index is 1380. The Morgan fingerprint density at radius 2 is 1.46 bits per heavy atom. The molecule has 2 aliphatic heterocycles. The van der Waals surface area contributed by atoms with E-state index >= 15 is 0 Å². The quantitative estimate of drug-likeness (QED) is 0.0885. The molecule has 250 valence electrons. The van der Waals surface area contributed by atoms with Gasteiger partial charge in [-0.25, -0.2) is 4.79 Å². The number of ether oxygens (including phenoxy) is 3. The second-order valence-corrected chi connectivity index (χ2v) is 12.1. The Balaban J connectivity index is 1.13. The third kappa shape index (κ3) is 9.02. The zero-order valence-corrected chi connectivity index (χ0v) is 27.9. The molecule has 0 bridgehead atoms. The summed E-state index contributed by atoms with van der Waals surface area (Å²) < 4.78 is 16.7. The van der Waals surface area contributed by atoms with Crippen LogP contribution >= 0.6 is 0 Å². The van der Waals surface area contributed by atoms with Gasteiger partial charge in [-0.05, 0) is 51.4 Å². The molecule has 0 radical (unpaired) electrons. The molecule has 0 amide bonds. The van der Waals surface area contributed by atoms with Crippen LogP contribution in [0.5, 0.6) is 11.5 Å². The van der Waals surface area contributed by atoms with Gasteiger partial charge >= 0.3 is 5.97 Å². The van der Waals surface area contributed by atoms with Gasteiger partial charge < -0.3 is 24.4 Å². The number of methoxy groups -OCH3 is 2. The number of benzene rings is 2. The topological polar surface area (TPSA) is 106 Å². The van der Waals surface area contributed by atoms with Crippen LogP contribution in [0.3, 0.4) is 0 Å². The molecule has 4 rings (SSSR count). The molecule has 0 aliphatic carbocycles. The third-order valence-electron chi connectivity index (χ3n) is 8.98. The number of carbonyl (C=O) groups excluding carboxylic acids is 1. The minimum Gasteiger partial charge on any atom is -0.495 e. The van der Waals surface area contributed by atoms with Crippen LogP contribution in [0, 0.1) is 10.1 Å². The SMILES string of the molecule is COC(=O)C1=C(C)NC(C)=C([N+](=O)[O-])C1c1ccccc1OCCCCCCCCCCN1CCN(c2ccccc2OC)CC1. The molecule has 46 heavy (non-hydrogen) atoms. The van der Waals surface area contributed by atoms with Gasteiger partial charge in [0.1, 0.15) is 17.4 Å². The molecule has 2 aromatic carbocycles. The number of dihydropyridines is 1. The van der Waals surface area contributed by atoms with Crippen molar-refractivity contribution in [2.75, 3.05) is 58.5 Å². The molecule has 10 heteroatoms. The summed E-state index contributed by atoms with van der Waals surface area (Å²) >= 11 is 0. The van der Waals surface area contributed by atoms with Crippen molar-refractivity contribution in [1.82, 2.24) is 10.2 Å². The van der Waals surface area contributed by atoms with Crippen LogP contribution in [-0.2, 0) is 9.53 Å². The average Bonchev–Trinajstić information content (AvgIpc) is 3.06. The molecule has 1 unspecified atom stereocenters. The minimum absolute atomic E-state index is 0.0753. The lowest BCUT2D eigenvalue weighted by Crippen LogP contribution is -2.46. The van der Waals surface area contributed by atoms with E-state index in [1.54, 1.807) is 27.0 Å². The molecular weight excluding hydrogens is 584 g/mol. The predicted molar refractivity (Wildman–Crippen MR) is 181 cm³/mol. The maximum Gasteiger partial charge on any atom is 0.336 e. The summed E-state index contributed by atoms with van der Waals surface area (Å²) in [5.41, 5.74) is 2.87. The molecule has 2 aliphatic rings. The Kier molecular flexibility index (Phi) is 13.3. The number of hydrogen-bond acceptors (Lipinski definition) is 9. The Hall–Kier alpha value is -4.05. The molecule has 1 fully saturated rings. The van der Waals surface area contributed by atoms with Crippen LogP contribution in [0.4, 0.5) is 5.69 Å². The number of para-hydroxylation sites is 3. The van der Waals surface area contributed by atoms with E-state index < -0.39 is 16.8 Å². The van der Waals surface area contributed by atoms with Crippen LogP contribution in [0.2, 0.25) is 0 Å². The van der Waals surface area contributed by atoms with E-state index in [4.69, 9.17) is 14.2 Å². The summed E-state index contributed by atoms with van der Waals surface area (Å²) in [6.45, 7) is 9.33. The summed E-state index contributed by atoms with van der Waals surface area (Å²) in [6, 6.07) is 15.5. The standard InChI is InChI=1S/C36H50N4O6/c1-27-33(36(41)45-4)34(35(40(42)43)28(2)37-27)29-17-11-13-19-31(29)46-26-16-10-8-6-5-7-9-15-21-38-22-24-39(25-23-38)30-18-12-14-20-32(30)44-3/h11-14,17-20,34,37H,5-10,15-16,21-26H2,1-4H3. The summed E-state index contributed by atoms with van der Waals surface area (Å²) in [5, 5.41) is 15.1. The minimum atomic E-state index is -0.886. The van der Waals surface area contributed by atoms with Crippen LogP contribution in [0.1, 0.15) is 76.7 Å². The van der Waals surface area contributed by atoms with Gasteiger partial charge in [0, 0.05) is 37.4 Å². The number of nitro groups is 1. The number of unbranched alkanes of at least 4 members (excludes halogenated alkanes) is 7. The second kappa shape index (κ2) is 17.6. The van der Waals surface area contributed by atoms with Crippen LogP contribution < -0.4 is 19.7 Å². The normalized spacial score (nSPS) is 17.1. The molecule has 2 aromatic rings. The lowest BCUT2D eigenvalue weighted by Gasteiger charge is -2.36. The van der Waals surface area contributed by atoms with Crippen LogP contribution in [0.25, 0.3) is 0 Å². The highest BCUT2D eigenvalue weighted by atomic mass is 16.6. The molecule has 0 aromatic heterocycles. The smallest absolute Gasteiger partial charge is 0.336 e. The highest BCUT2D eigenvalue weighted by Crippen LogP contribution is 2.42. The first-order valence-corrected chi connectivity index (χ1v) is 16.6. The van der Waals surface area contributed by atoms with Gasteiger partial charge in [-0.1, -0.05) is 68.9 Å². The van der Waals surface area contributed by atoms with Crippen molar-refractivity contribution in [2.45, 2.75) is 71.1 Å². The van der Waals surface area contributed by atoms with E-state index in [1.807, 2.05) is 30.3 Å². The first-order valence-electron chi connectivity index (χ1n) is 16.6. The molecule has 0 spiro atoms. The number of anilines is 1. The number of carbonyl (C=O) groups is 1. The van der Waals surface area contributed by atoms with Gasteiger partial charge in [-0.3, -0.25) is 15.0 Å². The van der Waals surface area contributed by atoms with Crippen molar-refractivity contribution in [3.63, 3.8) is 0 Å². The maximum absolute atomic E-state index is 12.7. The molecule has 10 nitrogen and oxygen atoms in total. The van der Waals surface area contributed by atoms with Gasteiger partial charge in [0.05, 0.1) is 42.7 Å². The number of nitrogens with one attached hydrogen (secondary N) is 1. The zero-order chi connectivity index (χ0) is 32.9. The molecule has 1 N–H and O–H groups in total. The van der Waals surface area contributed by atoms with Crippen molar-refractivity contribution in [3.8, 4) is 11.5 Å². The Morgan fingerprint density at radius 1 is 0.848 bits per heavy atom. The number of hydrogen-bond donors (Lipinski definition) is 1. The van der Waals surface area contributed by atoms with Crippen molar-refractivity contribution >= 4 is 11.7 Å². The first-order chi connectivity index (χ1) is 22.3. The first kappa shape index (κ1) is 34.8. The summed E-state index contributed by atoms with van der Waals surface area (Å²) in [5.74, 6) is 0.0188. The fourth-order valence-corrected chi connectivity index (χ4v) is 6.54. The van der Waals surface area contributed by atoms with Crippen molar-refractivity contribution < 1.29 is 23.9 Å². The number of piperazine rings is 1. The highest BCUT2D eigenvalue weighted by molar-refractivity contribution is 5.92. The number of rotatable bonds is 17. The van der Waals surface area contributed by atoms with E-state index in [2.05, 4.69) is 27.2 Å². The molecule has 1 atom stereocenters. The number of nitrogens with zero attached hydrogens (tertiary/aromatic N) is 3. The molecule has 0 saturated carbocycles. The summed E-state index contributed by atoms with van der Waals surface area (Å²) in [6.07, 6.45) is 9.37.